The predicted molar refractivity (Wildman–Crippen MR) is 146 cm³/mol. The van der Waals surface area contributed by atoms with Gasteiger partial charge in [0.1, 0.15) is 12.3 Å². The third-order valence-electron chi connectivity index (χ3n) is 6.67. The number of anilines is 1. The SMILES string of the molecule is O=C(O)CCN(Cc1ccccc1)C(=O)c1ccc(NC(=O)OCC2c3ccccc3-c3ccccc32)cn1. The lowest BCUT2D eigenvalue weighted by Crippen LogP contribution is -2.33. The molecule has 0 radical (unpaired) electrons. The van der Waals surface area contributed by atoms with Crippen molar-refractivity contribution < 1.29 is 24.2 Å². The van der Waals surface area contributed by atoms with Crippen LogP contribution in [0.5, 0.6) is 0 Å². The summed E-state index contributed by atoms with van der Waals surface area (Å²) in [6, 6.07) is 28.6. The van der Waals surface area contributed by atoms with Gasteiger partial charge >= 0.3 is 12.1 Å². The molecule has 3 aromatic carbocycles. The van der Waals surface area contributed by atoms with Gasteiger partial charge in [-0.05, 0) is 39.9 Å². The minimum atomic E-state index is -0.989. The highest BCUT2D eigenvalue weighted by atomic mass is 16.5. The monoisotopic (exact) mass is 521 g/mol. The molecule has 1 aromatic heterocycles. The van der Waals surface area contributed by atoms with E-state index >= 15 is 0 Å². The van der Waals surface area contributed by atoms with E-state index < -0.39 is 18.0 Å². The number of pyridine rings is 1. The van der Waals surface area contributed by atoms with Crippen LogP contribution in [0.4, 0.5) is 10.5 Å². The van der Waals surface area contributed by atoms with Gasteiger partial charge in [-0.15, -0.1) is 0 Å². The predicted octanol–water partition coefficient (Wildman–Crippen LogP) is 5.56. The van der Waals surface area contributed by atoms with Gasteiger partial charge in [-0.25, -0.2) is 9.78 Å². The number of nitrogens with one attached hydrogen (secondary N) is 1. The van der Waals surface area contributed by atoms with Crippen LogP contribution in [0.3, 0.4) is 0 Å². The van der Waals surface area contributed by atoms with Crippen molar-refractivity contribution in [3.8, 4) is 11.1 Å². The summed E-state index contributed by atoms with van der Waals surface area (Å²) in [6.45, 7) is 0.487. The van der Waals surface area contributed by atoms with Crippen LogP contribution in [0.15, 0.2) is 97.2 Å². The Labute approximate surface area is 225 Å². The summed E-state index contributed by atoms with van der Waals surface area (Å²) in [5.74, 6) is -1.44. The smallest absolute Gasteiger partial charge is 0.411 e. The molecule has 0 spiro atoms. The Bertz CT molecular complexity index is 1440. The average Bonchev–Trinajstić information content (AvgIpc) is 3.28. The Balaban J connectivity index is 1.21. The molecular formula is C31H27N3O5. The first kappa shape index (κ1) is 25.7. The summed E-state index contributed by atoms with van der Waals surface area (Å²) in [5, 5.41) is 11.8. The second-order valence-electron chi connectivity index (χ2n) is 9.24. The van der Waals surface area contributed by atoms with Crippen LogP contribution in [-0.4, -0.2) is 46.1 Å². The number of fused-ring (bicyclic) bond motifs is 3. The quantitative estimate of drug-likeness (QED) is 0.299. The minimum absolute atomic E-state index is 0.0461. The molecule has 39 heavy (non-hydrogen) atoms. The average molecular weight is 522 g/mol. The number of ether oxygens (including phenoxy) is 1. The van der Waals surface area contributed by atoms with Gasteiger partial charge in [0.25, 0.3) is 5.91 Å². The molecule has 0 saturated heterocycles. The van der Waals surface area contributed by atoms with Crippen molar-refractivity contribution >= 4 is 23.7 Å². The molecule has 1 aliphatic carbocycles. The molecule has 0 aliphatic heterocycles. The molecule has 8 nitrogen and oxygen atoms in total. The highest BCUT2D eigenvalue weighted by molar-refractivity contribution is 5.93. The van der Waals surface area contributed by atoms with E-state index in [1.807, 2.05) is 54.6 Å². The highest BCUT2D eigenvalue weighted by Crippen LogP contribution is 2.44. The normalized spacial score (nSPS) is 11.8. The topological polar surface area (TPSA) is 109 Å². The van der Waals surface area contributed by atoms with Gasteiger partial charge in [0.2, 0.25) is 0 Å². The van der Waals surface area contributed by atoms with Crippen molar-refractivity contribution in [2.24, 2.45) is 0 Å². The van der Waals surface area contributed by atoms with E-state index in [-0.39, 0.29) is 37.7 Å². The van der Waals surface area contributed by atoms with Crippen LogP contribution in [0, 0.1) is 0 Å². The van der Waals surface area contributed by atoms with Crippen LogP contribution in [-0.2, 0) is 16.1 Å². The lowest BCUT2D eigenvalue weighted by atomic mass is 9.98. The van der Waals surface area contributed by atoms with E-state index in [9.17, 15) is 14.4 Å². The highest BCUT2D eigenvalue weighted by Gasteiger charge is 2.29. The zero-order valence-electron chi connectivity index (χ0n) is 21.1. The Hall–Kier alpha value is -4.98. The number of benzene rings is 3. The number of rotatable bonds is 9. The molecule has 196 valence electrons. The number of hydrogen-bond donors (Lipinski definition) is 2. The molecule has 1 aliphatic rings. The van der Waals surface area contributed by atoms with E-state index in [1.165, 1.54) is 17.2 Å². The fraction of sp³-hybridized carbons (Fsp3) is 0.161. The zero-order chi connectivity index (χ0) is 27.2. The molecule has 2 amide bonds. The summed E-state index contributed by atoms with van der Waals surface area (Å²) >= 11 is 0. The molecule has 1 heterocycles. The molecule has 0 bridgehead atoms. The first-order chi connectivity index (χ1) is 19.0. The first-order valence-corrected chi connectivity index (χ1v) is 12.6. The van der Waals surface area contributed by atoms with Gasteiger partial charge < -0.3 is 14.7 Å². The third-order valence-corrected chi connectivity index (χ3v) is 6.67. The largest absolute Gasteiger partial charge is 0.481 e. The number of carboxylic acid groups (broad SMARTS) is 1. The number of carboxylic acids is 1. The number of aromatic nitrogens is 1. The van der Waals surface area contributed by atoms with Crippen LogP contribution in [0.25, 0.3) is 11.1 Å². The molecule has 0 saturated carbocycles. The second kappa shape index (κ2) is 11.6. The molecular weight excluding hydrogens is 494 g/mol. The van der Waals surface area contributed by atoms with E-state index in [4.69, 9.17) is 9.84 Å². The van der Waals surface area contributed by atoms with E-state index in [1.54, 1.807) is 6.07 Å². The lowest BCUT2D eigenvalue weighted by Gasteiger charge is -2.22. The second-order valence-corrected chi connectivity index (χ2v) is 9.24. The van der Waals surface area contributed by atoms with Gasteiger partial charge in [-0.3, -0.25) is 14.9 Å². The molecule has 5 rings (SSSR count). The number of carbonyl (C=O) groups excluding carboxylic acids is 2. The van der Waals surface area contributed by atoms with E-state index in [2.05, 4.69) is 34.6 Å². The van der Waals surface area contributed by atoms with Crippen molar-refractivity contribution in [3.63, 3.8) is 0 Å². The molecule has 0 fully saturated rings. The van der Waals surface area contributed by atoms with Gasteiger partial charge in [0.15, 0.2) is 0 Å². The molecule has 2 N–H and O–H groups in total. The van der Waals surface area contributed by atoms with E-state index in [0.717, 1.165) is 27.8 Å². The van der Waals surface area contributed by atoms with Crippen molar-refractivity contribution in [3.05, 3.63) is 120 Å². The number of carbonyl (C=O) groups is 3. The molecule has 0 unspecified atom stereocenters. The van der Waals surface area contributed by atoms with Crippen molar-refractivity contribution in [2.75, 3.05) is 18.5 Å². The first-order valence-electron chi connectivity index (χ1n) is 12.6. The van der Waals surface area contributed by atoms with Crippen LogP contribution >= 0.6 is 0 Å². The number of hydrogen-bond acceptors (Lipinski definition) is 5. The molecule has 0 atom stereocenters. The third kappa shape index (κ3) is 5.96. The summed E-state index contributed by atoms with van der Waals surface area (Å²) in [6.07, 6.45) is 0.580. The Kier molecular flexibility index (Phi) is 7.63. The summed E-state index contributed by atoms with van der Waals surface area (Å²) in [7, 11) is 0. The summed E-state index contributed by atoms with van der Waals surface area (Å²) in [5.41, 5.74) is 5.95. The van der Waals surface area contributed by atoms with Gasteiger partial charge in [0.05, 0.1) is 18.3 Å². The number of nitrogens with zero attached hydrogens (tertiary/aromatic N) is 2. The Morgan fingerprint density at radius 1 is 0.846 bits per heavy atom. The van der Waals surface area contributed by atoms with Crippen LogP contribution in [0.2, 0.25) is 0 Å². The summed E-state index contributed by atoms with van der Waals surface area (Å²) in [4.78, 5) is 42.5. The van der Waals surface area contributed by atoms with Crippen molar-refractivity contribution in [1.82, 2.24) is 9.88 Å². The van der Waals surface area contributed by atoms with Crippen molar-refractivity contribution in [1.29, 1.82) is 0 Å². The van der Waals surface area contributed by atoms with Gasteiger partial charge in [0, 0.05) is 19.0 Å². The van der Waals surface area contributed by atoms with Crippen molar-refractivity contribution in [2.45, 2.75) is 18.9 Å². The zero-order valence-corrected chi connectivity index (χ0v) is 21.1. The number of amides is 2. The molecule has 8 heteroatoms. The fourth-order valence-electron chi connectivity index (χ4n) is 4.80. The maximum absolute atomic E-state index is 13.1. The lowest BCUT2D eigenvalue weighted by molar-refractivity contribution is -0.137. The number of aliphatic carboxylic acids is 1. The Morgan fingerprint density at radius 2 is 1.49 bits per heavy atom. The standard InChI is InChI=1S/C31H27N3O5/c35-29(36)16-17-34(19-21-8-2-1-3-9-21)30(37)28-15-14-22(18-32-28)33-31(38)39-20-27-25-12-6-4-10-23(25)24-11-5-7-13-26(24)27/h1-15,18,27H,16-17,19-20H2,(H,33,38)(H,35,36). The van der Waals surface area contributed by atoms with Gasteiger partial charge in [-0.1, -0.05) is 78.9 Å². The van der Waals surface area contributed by atoms with Crippen LogP contribution < -0.4 is 5.32 Å². The van der Waals surface area contributed by atoms with Gasteiger partial charge in [-0.2, -0.15) is 0 Å². The molecule has 4 aromatic rings. The fourth-order valence-corrected chi connectivity index (χ4v) is 4.80. The Morgan fingerprint density at radius 3 is 2.10 bits per heavy atom. The van der Waals surface area contributed by atoms with Crippen LogP contribution in [0.1, 0.15) is 39.5 Å². The summed E-state index contributed by atoms with van der Waals surface area (Å²) < 4.78 is 5.57. The minimum Gasteiger partial charge on any atom is -0.481 e. The maximum atomic E-state index is 13.1. The van der Waals surface area contributed by atoms with E-state index in [0.29, 0.717) is 5.69 Å². The maximum Gasteiger partial charge on any atom is 0.411 e.